The molecule has 1 aliphatic rings. The highest BCUT2D eigenvalue weighted by atomic mass is 16.6. The third-order valence-corrected chi connectivity index (χ3v) is 4.30. The number of aliphatic carboxylic acids is 1. The summed E-state index contributed by atoms with van der Waals surface area (Å²) in [7, 11) is 0. The van der Waals surface area contributed by atoms with Gasteiger partial charge in [-0.1, -0.05) is 0 Å². The van der Waals surface area contributed by atoms with Gasteiger partial charge in [-0.3, -0.25) is 14.4 Å². The van der Waals surface area contributed by atoms with Gasteiger partial charge in [0.25, 0.3) is 5.91 Å². The second kappa shape index (κ2) is 10.6. The number of hydrogen-bond donors (Lipinski definition) is 9. The van der Waals surface area contributed by atoms with Gasteiger partial charge < -0.3 is 51.1 Å². The summed E-state index contributed by atoms with van der Waals surface area (Å²) >= 11 is 0. The lowest BCUT2D eigenvalue weighted by atomic mass is 9.97. The molecule has 0 aromatic rings. The highest BCUT2D eigenvalue weighted by molar-refractivity contribution is 5.92. The molecule has 28 heavy (non-hydrogen) atoms. The van der Waals surface area contributed by atoms with Gasteiger partial charge in [-0.25, -0.2) is 0 Å². The SMILES string of the molecule is O=C(O)CCCC(=O)NC(CO)(CO)C(=O)NC[C@@H]1O[C@@H](O)[C@@H](O)[C@H](O)[C@@H]1O. The van der Waals surface area contributed by atoms with Crippen LogP contribution in [0.3, 0.4) is 0 Å². The van der Waals surface area contributed by atoms with Crippen LogP contribution in [0.1, 0.15) is 19.3 Å². The van der Waals surface area contributed by atoms with Crippen LogP contribution >= 0.6 is 0 Å². The van der Waals surface area contributed by atoms with Crippen molar-refractivity contribution in [3.05, 3.63) is 0 Å². The fraction of sp³-hybridized carbons (Fsp3) is 0.800. The normalized spacial score (nSPS) is 27.9. The molecule has 9 N–H and O–H groups in total. The summed E-state index contributed by atoms with van der Waals surface area (Å²) in [6.07, 6.45) is -8.83. The second-order valence-corrected chi connectivity index (χ2v) is 6.44. The Kier molecular flexibility index (Phi) is 9.16. The monoisotopic (exact) mass is 410 g/mol. The molecule has 0 bridgehead atoms. The van der Waals surface area contributed by atoms with Gasteiger partial charge in [-0.2, -0.15) is 0 Å². The first-order valence-corrected chi connectivity index (χ1v) is 8.48. The Hall–Kier alpha value is -1.87. The summed E-state index contributed by atoms with van der Waals surface area (Å²) in [5.74, 6) is -2.93. The number of carbonyl (C=O) groups is 3. The van der Waals surface area contributed by atoms with Crippen molar-refractivity contribution in [3.63, 3.8) is 0 Å². The maximum atomic E-state index is 12.4. The van der Waals surface area contributed by atoms with E-state index in [-0.39, 0.29) is 19.3 Å². The van der Waals surface area contributed by atoms with Gasteiger partial charge in [-0.15, -0.1) is 0 Å². The number of nitrogens with one attached hydrogen (secondary N) is 2. The third-order valence-electron chi connectivity index (χ3n) is 4.30. The molecule has 13 heteroatoms. The molecule has 1 fully saturated rings. The number of amides is 2. The van der Waals surface area contributed by atoms with E-state index in [1.807, 2.05) is 0 Å². The zero-order valence-electron chi connectivity index (χ0n) is 14.9. The van der Waals surface area contributed by atoms with Crippen molar-refractivity contribution in [2.24, 2.45) is 0 Å². The van der Waals surface area contributed by atoms with Crippen LogP contribution in [0.25, 0.3) is 0 Å². The molecule has 1 saturated heterocycles. The molecule has 0 spiro atoms. The number of carboxylic acids is 1. The van der Waals surface area contributed by atoms with E-state index in [1.165, 1.54) is 0 Å². The zero-order valence-corrected chi connectivity index (χ0v) is 14.9. The Morgan fingerprint density at radius 1 is 0.929 bits per heavy atom. The van der Waals surface area contributed by atoms with Gasteiger partial charge in [0.05, 0.1) is 13.2 Å². The highest BCUT2D eigenvalue weighted by Crippen LogP contribution is 2.19. The smallest absolute Gasteiger partial charge is 0.303 e. The van der Waals surface area contributed by atoms with Crippen molar-refractivity contribution in [1.82, 2.24) is 10.6 Å². The molecule has 0 aliphatic carbocycles. The molecule has 0 unspecified atom stereocenters. The second-order valence-electron chi connectivity index (χ2n) is 6.44. The van der Waals surface area contributed by atoms with Gasteiger partial charge in [0.15, 0.2) is 11.8 Å². The lowest BCUT2D eigenvalue weighted by Gasteiger charge is -2.39. The van der Waals surface area contributed by atoms with E-state index in [0.29, 0.717) is 0 Å². The molecule has 5 atom stereocenters. The van der Waals surface area contributed by atoms with Crippen molar-refractivity contribution < 1.29 is 54.9 Å². The van der Waals surface area contributed by atoms with Crippen molar-refractivity contribution >= 4 is 17.8 Å². The van der Waals surface area contributed by atoms with Crippen LogP contribution in [-0.2, 0) is 19.1 Å². The minimum Gasteiger partial charge on any atom is -0.481 e. The Morgan fingerprint density at radius 3 is 2.07 bits per heavy atom. The Balaban J connectivity index is 2.68. The molecule has 2 amide bonds. The number of carboxylic acid groups (broad SMARTS) is 1. The quantitative estimate of drug-likeness (QED) is 0.166. The van der Waals surface area contributed by atoms with Crippen LogP contribution < -0.4 is 10.6 Å². The number of carbonyl (C=O) groups excluding carboxylic acids is 2. The maximum absolute atomic E-state index is 12.4. The fourth-order valence-electron chi connectivity index (χ4n) is 2.52. The van der Waals surface area contributed by atoms with Gasteiger partial charge >= 0.3 is 5.97 Å². The predicted octanol–water partition coefficient (Wildman–Crippen LogP) is -5.00. The molecule has 13 nitrogen and oxygen atoms in total. The number of ether oxygens (including phenoxy) is 1. The predicted molar refractivity (Wildman–Crippen MR) is 88.4 cm³/mol. The van der Waals surface area contributed by atoms with Crippen LogP contribution in [0.4, 0.5) is 0 Å². The lowest BCUT2D eigenvalue weighted by Crippen LogP contribution is -2.65. The molecule has 0 aromatic heterocycles. The number of rotatable bonds is 10. The van der Waals surface area contributed by atoms with Crippen LogP contribution in [0.5, 0.6) is 0 Å². The maximum Gasteiger partial charge on any atom is 0.303 e. The van der Waals surface area contributed by atoms with Crippen molar-refractivity contribution in [2.45, 2.75) is 55.5 Å². The zero-order chi connectivity index (χ0) is 21.5. The first-order chi connectivity index (χ1) is 13.1. The summed E-state index contributed by atoms with van der Waals surface area (Å²) in [5.41, 5.74) is -2.13. The summed E-state index contributed by atoms with van der Waals surface area (Å²) < 4.78 is 4.88. The van der Waals surface area contributed by atoms with Gasteiger partial charge in [-0.05, 0) is 6.42 Å². The van der Waals surface area contributed by atoms with E-state index in [4.69, 9.17) is 9.84 Å². The summed E-state index contributed by atoms with van der Waals surface area (Å²) in [6, 6.07) is 0. The van der Waals surface area contributed by atoms with Gasteiger partial charge in [0, 0.05) is 19.4 Å². The van der Waals surface area contributed by atoms with Crippen LogP contribution in [0, 0.1) is 0 Å². The van der Waals surface area contributed by atoms with Gasteiger partial charge in [0.1, 0.15) is 24.4 Å². The van der Waals surface area contributed by atoms with E-state index >= 15 is 0 Å². The average Bonchev–Trinajstić information content (AvgIpc) is 2.65. The van der Waals surface area contributed by atoms with E-state index in [0.717, 1.165) is 0 Å². The Labute approximate surface area is 159 Å². The van der Waals surface area contributed by atoms with Crippen molar-refractivity contribution in [1.29, 1.82) is 0 Å². The third kappa shape index (κ3) is 6.07. The Morgan fingerprint density at radius 2 is 1.54 bits per heavy atom. The van der Waals surface area contributed by atoms with E-state index in [9.17, 15) is 45.0 Å². The standard InChI is InChI=1S/C15H26N2O11/c18-5-15(6-19,17-8(20)2-1-3-9(21)22)14(27)16-4-7-10(23)11(24)12(25)13(26)28-7/h7,10-13,18-19,23-26H,1-6H2,(H,16,27)(H,17,20)(H,21,22)/t7-,10+,11+,12-,13+/m0/s1. The molecule has 1 rings (SSSR count). The molecule has 162 valence electrons. The summed E-state index contributed by atoms with van der Waals surface area (Å²) in [4.78, 5) is 34.7. The van der Waals surface area contributed by atoms with E-state index in [1.54, 1.807) is 0 Å². The lowest BCUT2D eigenvalue weighted by molar-refractivity contribution is -0.280. The number of aliphatic hydroxyl groups excluding tert-OH is 6. The first-order valence-electron chi connectivity index (χ1n) is 8.48. The van der Waals surface area contributed by atoms with Crippen LogP contribution in [-0.4, -0.2) is 110 Å². The van der Waals surface area contributed by atoms with E-state index in [2.05, 4.69) is 10.6 Å². The van der Waals surface area contributed by atoms with Gasteiger partial charge in [0.2, 0.25) is 5.91 Å². The summed E-state index contributed by atoms with van der Waals surface area (Å²) in [5, 5.41) is 70.2. The topological polar surface area (TPSA) is 226 Å². The van der Waals surface area contributed by atoms with Crippen LogP contribution in [0.2, 0.25) is 0 Å². The average molecular weight is 410 g/mol. The molecule has 1 heterocycles. The number of aliphatic hydroxyl groups is 6. The first kappa shape index (κ1) is 24.2. The molecule has 1 aliphatic heterocycles. The highest BCUT2D eigenvalue weighted by Gasteiger charge is 2.44. The van der Waals surface area contributed by atoms with Crippen molar-refractivity contribution in [2.75, 3.05) is 19.8 Å². The minimum absolute atomic E-state index is 0.0179. The molecule has 0 aromatic carbocycles. The molecular weight excluding hydrogens is 384 g/mol. The largest absolute Gasteiger partial charge is 0.481 e. The molecule has 0 saturated carbocycles. The molecular formula is C15H26N2O11. The summed E-state index contributed by atoms with van der Waals surface area (Å²) in [6.45, 7) is -2.46. The van der Waals surface area contributed by atoms with E-state index < -0.39 is 73.8 Å². The minimum atomic E-state index is -2.13. The van der Waals surface area contributed by atoms with Crippen molar-refractivity contribution in [3.8, 4) is 0 Å². The molecule has 0 radical (unpaired) electrons. The fourth-order valence-corrected chi connectivity index (χ4v) is 2.52. The number of hydrogen-bond acceptors (Lipinski definition) is 10. The van der Waals surface area contributed by atoms with Crippen LogP contribution in [0.15, 0.2) is 0 Å². The Bertz CT molecular complexity index is 554.